The van der Waals surface area contributed by atoms with Gasteiger partial charge in [0.05, 0.1) is 23.9 Å². The van der Waals surface area contributed by atoms with Gasteiger partial charge in [-0.05, 0) is 37.5 Å². The SMILES string of the molecule is COC(=O)c1ccccc1N=Cc1c(C)c(C#N)c(=O)n(CCCN2CCCC2=O)c1O. The zero-order chi connectivity index (χ0) is 23.3. The topological polar surface area (TPSA) is 125 Å². The number of pyridine rings is 1. The number of hydrogen-bond donors (Lipinski definition) is 1. The molecule has 1 aliphatic rings. The molecule has 1 aromatic carbocycles. The second kappa shape index (κ2) is 9.92. The van der Waals surface area contributed by atoms with Crippen LogP contribution in [-0.4, -0.2) is 52.9 Å². The van der Waals surface area contributed by atoms with Gasteiger partial charge < -0.3 is 14.7 Å². The summed E-state index contributed by atoms with van der Waals surface area (Å²) in [7, 11) is 1.27. The number of ether oxygens (including phenoxy) is 1. The van der Waals surface area contributed by atoms with E-state index in [2.05, 4.69) is 4.99 Å². The number of hydrogen-bond acceptors (Lipinski definition) is 7. The second-order valence-electron chi connectivity index (χ2n) is 7.41. The summed E-state index contributed by atoms with van der Waals surface area (Å²) < 4.78 is 5.89. The number of nitriles is 1. The fourth-order valence-corrected chi connectivity index (χ4v) is 3.70. The number of aromatic hydroxyl groups is 1. The monoisotopic (exact) mass is 436 g/mol. The van der Waals surface area contributed by atoms with E-state index in [0.29, 0.717) is 37.2 Å². The van der Waals surface area contributed by atoms with E-state index < -0.39 is 11.5 Å². The summed E-state index contributed by atoms with van der Waals surface area (Å²) in [5, 5.41) is 20.3. The Morgan fingerprint density at radius 1 is 1.31 bits per heavy atom. The predicted octanol–water partition coefficient (Wildman–Crippen LogP) is 2.28. The molecule has 1 saturated heterocycles. The van der Waals surface area contributed by atoms with Crippen molar-refractivity contribution in [3.63, 3.8) is 0 Å². The maximum Gasteiger partial charge on any atom is 0.340 e. The first-order valence-corrected chi connectivity index (χ1v) is 10.2. The number of methoxy groups -OCH3 is 1. The number of aromatic nitrogens is 1. The third-order valence-electron chi connectivity index (χ3n) is 5.47. The number of likely N-dealkylation sites (tertiary alicyclic amines) is 1. The Labute approximate surface area is 185 Å². The van der Waals surface area contributed by atoms with Crippen molar-refractivity contribution >= 4 is 23.8 Å². The molecule has 2 heterocycles. The highest BCUT2D eigenvalue weighted by molar-refractivity contribution is 5.96. The van der Waals surface area contributed by atoms with Crippen molar-refractivity contribution in [3.8, 4) is 11.9 Å². The Morgan fingerprint density at radius 3 is 2.72 bits per heavy atom. The number of carbonyl (C=O) groups excluding carboxylic acids is 2. The molecule has 9 nitrogen and oxygen atoms in total. The van der Waals surface area contributed by atoms with E-state index in [1.165, 1.54) is 13.3 Å². The number of amides is 1. The standard InChI is InChI=1S/C23H24N4O5/c1-15-17(13-24)21(29)27(12-6-11-26-10-5-9-20(26)28)22(30)18(15)14-25-19-8-4-3-7-16(19)23(31)32-2/h3-4,7-8,14,30H,5-6,9-12H2,1-2H3. The lowest BCUT2D eigenvalue weighted by atomic mass is 10.1. The van der Waals surface area contributed by atoms with E-state index >= 15 is 0 Å². The van der Waals surface area contributed by atoms with Crippen LogP contribution < -0.4 is 5.56 Å². The van der Waals surface area contributed by atoms with Crippen LogP contribution in [0.25, 0.3) is 0 Å². The smallest absolute Gasteiger partial charge is 0.340 e. The highest BCUT2D eigenvalue weighted by Crippen LogP contribution is 2.24. The quantitative estimate of drug-likeness (QED) is 0.524. The molecule has 0 unspecified atom stereocenters. The highest BCUT2D eigenvalue weighted by atomic mass is 16.5. The van der Waals surface area contributed by atoms with Crippen LogP contribution in [0.1, 0.15) is 46.3 Å². The maximum atomic E-state index is 12.7. The molecule has 32 heavy (non-hydrogen) atoms. The number of aliphatic imine (C=N–C) groups is 1. The van der Waals surface area contributed by atoms with E-state index in [-0.39, 0.29) is 35.0 Å². The Hall–Kier alpha value is -3.93. The summed E-state index contributed by atoms with van der Waals surface area (Å²) in [5.41, 5.74) is 0.373. The van der Waals surface area contributed by atoms with E-state index in [1.807, 2.05) is 6.07 Å². The maximum absolute atomic E-state index is 12.7. The number of carbonyl (C=O) groups is 2. The minimum absolute atomic E-state index is 0.0836. The first kappa shape index (κ1) is 22.7. The van der Waals surface area contributed by atoms with Crippen LogP contribution in [0.15, 0.2) is 34.1 Å². The average molecular weight is 436 g/mol. The largest absolute Gasteiger partial charge is 0.494 e. The lowest BCUT2D eigenvalue weighted by Gasteiger charge is -2.17. The van der Waals surface area contributed by atoms with Crippen LogP contribution in [0.3, 0.4) is 0 Å². The van der Waals surface area contributed by atoms with Gasteiger partial charge in [0.25, 0.3) is 5.56 Å². The number of esters is 1. The molecule has 1 amide bonds. The molecule has 0 saturated carbocycles. The van der Waals surface area contributed by atoms with Gasteiger partial charge in [-0.3, -0.25) is 19.1 Å². The summed E-state index contributed by atoms with van der Waals surface area (Å²) in [6.07, 6.45) is 3.13. The minimum atomic E-state index is -0.595. The zero-order valence-electron chi connectivity index (χ0n) is 18.0. The number of para-hydroxylation sites is 1. The second-order valence-corrected chi connectivity index (χ2v) is 7.41. The minimum Gasteiger partial charge on any atom is -0.494 e. The fourth-order valence-electron chi connectivity index (χ4n) is 3.70. The molecule has 166 valence electrons. The van der Waals surface area contributed by atoms with Crippen molar-refractivity contribution in [1.29, 1.82) is 5.26 Å². The van der Waals surface area contributed by atoms with Gasteiger partial charge in [-0.2, -0.15) is 5.26 Å². The van der Waals surface area contributed by atoms with Crippen molar-refractivity contribution in [2.75, 3.05) is 20.2 Å². The van der Waals surface area contributed by atoms with Gasteiger partial charge in [0, 0.05) is 32.3 Å². The van der Waals surface area contributed by atoms with Crippen LogP contribution in [0.4, 0.5) is 5.69 Å². The van der Waals surface area contributed by atoms with Crippen molar-refractivity contribution in [2.45, 2.75) is 32.7 Å². The first-order valence-electron chi connectivity index (χ1n) is 10.2. The summed E-state index contributed by atoms with van der Waals surface area (Å²) in [6.45, 7) is 2.86. The van der Waals surface area contributed by atoms with Gasteiger partial charge >= 0.3 is 5.97 Å². The van der Waals surface area contributed by atoms with Gasteiger partial charge in [-0.15, -0.1) is 0 Å². The Morgan fingerprint density at radius 2 is 2.06 bits per heavy atom. The predicted molar refractivity (Wildman–Crippen MR) is 117 cm³/mol. The van der Waals surface area contributed by atoms with E-state index in [1.54, 1.807) is 36.1 Å². The summed E-state index contributed by atoms with van der Waals surface area (Å²) in [6, 6.07) is 8.45. The molecule has 0 radical (unpaired) electrons. The fraction of sp³-hybridized carbons (Fsp3) is 0.348. The van der Waals surface area contributed by atoms with Crippen LogP contribution in [0.5, 0.6) is 5.88 Å². The van der Waals surface area contributed by atoms with E-state index in [0.717, 1.165) is 11.0 Å². The lowest BCUT2D eigenvalue weighted by molar-refractivity contribution is -0.127. The van der Waals surface area contributed by atoms with Crippen molar-refractivity contribution in [2.24, 2.45) is 4.99 Å². The van der Waals surface area contributed by atoms with Crippen LogP contribution >= 0.6 is 0 Å². The Balaban J connectivity index is 1.94. The van der Waals surface area contributed by atoms with Gasteiger partial charge in [0.15, 0.2) is 0 Å². The molecular weight excluding hydrogens is 412 g/mol. The summed E-state index contributed by atoms with van der Waals surface area (Å²) in [4.78, 5) is 42.5. The number of nitrogens with zero attached hydrogens (tertiary/aromatic N) is 4. The third-order valence-corrected chi connectivity index (χ3v) is 5.47. The molecule has 0 aliphatic carbocycles. The van der Waals surface area contributed by atoms with Gasteiger partial charge in [0.1, 0.15) is 11.6 Å². The molecule has 1 aromatic heterocycles. The molecule has 2 aromatic rings. The number of benzene rings is 1. The molecule has 1 N–H and O–H groups in total. The highest BCUT2D eigenvalue weighted by Gasteiger charge is 2.21. The van der Waals surface area contributed by atoms with Gasteiger partial charge in [-0.1, -0.05) is 12.1 Å². The lowest BCUT2D eigenvalue weighted by Crippen LogP contribution is -2.29. The Bertz CT molecular complexity index is 1180. The van der Waals surface area contributed by atoms with Crippen LogP contribution in [0, 0.1) is 18.3 Å². The third kappa shape index (κ3) is 4.54. The Kier molecular flexibility index (Phi) is 7.05. The first-order chi connectivity index (χ1) is 15.4. The zero-order valence-corrected chi connectivity index (χ0v) is 18.0. The van der Waals surface area contributed by atoms with Gasteiger partial charge in [0.2, 0.25) is 11.8 Å². The molecule has 0 bridgehead atoms. The van der Waals surface area contributed by atoms with Crippen LogP contribution in [0.2, 0.25) is 0 Å². The van der Waals surface area contributed by atoms with E-state index in [4.69, 9.17) is 4.74 Å². The molecule has 0 atom stereocenters. The van der Waals surface area contributed by atoms with Crippen molar-refractivity contribution in [3.05, 3.63) is 56.9 Å². The molecule has 3 rings (SSSR count). The average Bonchev–Trinajstić information content (AvgIpc) is 3.20. The van der Waals surface area contributed by atoms with E-state index in [9.17, 15) is 24.8 Å². The van der Waals surface area contributed by atoms with Gasteiger partial charge in [-0.25, -0.2) is 4.79 Å². The van der Waals surface area contributed by atoms with Crippen LogP contribution in [-0.2, 0) is 16.1 Å². The summed E-state index contributed by atoms with van der Waals surface area (Å²) >= 11 is 0. The molecular formula is C23H24N4O5. The molecule has 1 aliphatic heterocycles. The molecule has 0 spiro atoms. The molecule has 9 heteroatoms. The number of rotatable bonds is 7. The normalized spacial score (nSPS) is 13.5. The summed E-state index contributed by atoms with van der Waals surface area (Å²) in [5.74, 6) is -0.795. The van der Waals surface area contributed by atoms with Crippen molar-refractivity contribution in [1.82, 2.24) is 9.47 Å². The van der Waals surface area contributed by atoms with Crippen molar-refractivity contribution < 1.29 is 19.4 Å². The molecule has 1 fully saturated rings.